The van der Waals surface area contributed by atoms with E-state index in [2.05, 4.69) is 38.1 Å². The molecule has 4 nitrogen and oxygen atoms in total. The van der Waals surface area contributed by atoms with Gasteiger partial charge < -0.3 is 10.0 Å². The van der Waals surface area contributed by atoms with Gasteiger partial charge in [0.05, 0.1) is 5.56 Å². The van der Waals surface area contributed by atoms with Gasteiger partial charge in [-0.1, -0.05) is 44.2 Å². The molecule has 2 unspecified atom stereocenters. The SMILES string of the molecule is CC(C)c1ccc(C2CC2C(=O)N2CCc3ccc(C(=O)O)cc3C2)cc1. The van der Waals surface area contributed by atoms with Gasteiger partial charge in [-0.25, -0.2) is 4.79 Å². The molecule has 1 amide bonds. The molecule has 0 spiro atoms. The van der Waals surface area contributed by atoms with Gasteiger partial charge in [0, 0.05) is 19.0 Å². The topological polar surface area (TPSA) is 57.6 Å². The summed E-state index contributed by atoms with van der Waals surface area (Å²) in [5.74, 6) is 0.192. The molecule has 2 atom stereocenters. The first kappa shape index (κ1) is 17.8. The molecule has 1 aliphatic heterocycles. The number of carboxylic acids is 1. The van der Waals surface area contributed by atoms with E-state index in [0.717, 1.165) is 24.0 Å². The Morgan fingerprint density at radius 2 is 1.81 bits per heavy atom. The molecule has 4 rings (SSSR count). The number of carbonyl (C=O) groups excluding carboxylic acids is 1. The molecule has 4 heteroatoms. The molecule has 1 saturated carbocycles. The lowest BCUT2D eigenvalue weighted by atomic mass is 9.96. The van der Waals surface area contributed by atoms with Crippen LogP contribution in [-0.2, 0) is 17.8 Å². The van der Waals surface area contributed by atoms with E-state index in [1.807, 2.05) is 11.0 Å². The van der Waals surface area contributed by atoms with Crippen molar-refractivity contribution in [2.75, 3.05) is 6.54 Å². The Hall–Kier alpha value is -2.62. The zero-order valence-electron chi connectivity index (χ0n) is 15.8. The summed E-state index contributed by atoms with van der Waals surface area (Å²) in [6, 6.07) is 13.9. The molecule has 27 heavy (non-hydrogen) atoms. The van der Waals surface area contributed by atoms with Crippen molar-refractivity contribution in [3.8, 4) is 0 Å². The Balaban J connectivity index is 1.44. The predicted molar refractivity (Wildman–Crippen MR) is 104 cm³/mol. The van der Waals surface area contributed by atoms with Crippen LogP contribution in [0.1, 0.15) is 64.7 Å². The summed E-state index contributed by atoms with van der Waals surface area (Å²) in [7, 11) is 0. The van der Waals surface area contributed by atoms with Gasteiger partial charge in [0.25, 0.3) is 0 Å². The number of fused-ring (bicyclic) bond motifs is 1. The van der Waals surface area contributed by atoms with Gasteiger partial charge in [0.1, 0.15) is 0 Å². The second kappa shape index (κ2) is 6.84. The van der Waals surface area contributed by atoms with E-state index >= 15 is 0 Å². The van der Waals surface area contributed by atoms with Crippen molar-refractivity contribution in [3.05, 3.63) is 70.3 Å². The highest BCUT2D eigenvalue weighted by molar-refractivity contribution is 5.88. The first-order valence-corrected chi connectivity index (χ1v) is 9.67. The minimum Gasteiger partial charge on any atom is -0.478 e. The van der Waals surface area contributed by atoms with Crippen molar-refractivity contribution in [1.29, 1.82) is 0 Å². The van der Waals surface area contributed by atoms with Crippen LogP contribution in [0.3, 0.4) is 0 Å². The zero-order chi connectivity index (χ0) is 19.1. The van der Waals surface area contributed by atoms with Gasteiger partial charge in [-0.3, -0.25) is 4.79 Å². The summed E-state index contributed by atoms with van der Waals surface area (Å²) >= 11 is 0. The summed E-state index contributed by atoms with van der Waals surface area (Å²) in [5, 5.41) is 9.19. The summed E-state index contributed by atoms with van der Waals surface area (Å²) in [6.07, 6.45) is 1.71. The molecular formula is C23H25NO3. The molecule has 0 bridgehead atoms. The Labute approximate surface area is 159 Å². The average Bonchev–Trinajstić information content (AvgIpc) is 3.47. The lowest BCUT2D eigenvalue weighted by Crippen LogP contribution is -2.37. The number of nitrogens with zero attached hydrogens (tertiary/aromatic N) is 1. The lowest BCUT2D eigenvalue weighted by molar-refractivity contribution is -0.133. The van der Waals surface area contributed by atoms with Crippen LogP contribution in [0.15, 0.2) is 42.5 Å². The lowest BCUT2D eigenvalue weighted by Gasteiger charge is -2.29. The van der Waals surface area contributed by atoms with Crippen LogP contribution in [0.5, 0.6) is 0 Å². The van der Waals surface area contributed by atoms with Crippen LogP contribution in [0.4, 0.5) is 0 Å². The van der Waals surface area contributed by atoms with Crippen molar-refractivity contribution in [2.24, 2.45) is 5.92 Å². The van der Waals surface area contributed by atoms with E-state index in [9.17, 15) is 14.7 Å². The van der Waals surface area contributed by atoms with Gasteiger partial charge in [-0.15, -0.1) is 0 Å². The molecule has 1 N–H and O–H groups in total. The largest absolute Gasteiger partial charge is 0.478 e. The van der Waals surface area contributed by atoms with Gasteiger partial charge in [-0.05, 0) is 59.1 Å². The summed E-state index contributed by atoms with van der Waals surface area (Å²) in [6.45, 7) is 5.60. The van der Waals surface area contributed by atoms with Crippen molar-refractivity contribution in [2.45, 2.75) is 45.1 Å². The third-order valence-electron chi connectivity index (χ3n) is 5.92. The third kappa shape index (κ3) is 3.48. The molecule has 0 saturated heterocycles. The summed E-state index contributed by atoms with van der Waals surface area (Å²) < 4.78 is 0. The van der Waals surface area contributed by atoms with E-state index in [0.29, 0.717) is 24.9 Å². The maximum Gasteiger partial charge on any atom is 0.335 e. The van der Waals surface area contributed by atoms with Crippen molar-refractivity contribution >= 4 is 11.9 Å². The van der Waals surface area contributed by atoms with Crippen LogP contribution in [0.25, 0.3) is 0 Å². The molecule has 0 aromatic heterocycles. The number of amides is 1. The number of carbonyl (C=O) groups is 2. The Kier molecular flexibility index (Phi) is 4.50. The van der Waals surface area contributed by atoms with E-state index in [-0.39, 0.29) is 17.4 Å². The van der Waals surface area contributed by atoms with Crippen LogP contribution in [0.2, 0.25) is 0 Å². The maximum atomic E-state index is 13.0. The summed E-state index contributed by atoms with van der Waals surface area (Å²) in [4.78, 5) is 26.1. The molecule has 1 fully saturated rings. The van der Waals surface area contributed by atoms with E-state index < -0.39 is 5.97 Å². The standard InChI is InChI=1S/C23H25NO3/c1-14(2)15-3-6-17(7-4-15)20-12-21(20)22(25)24-10-9-16-5-8-18(23(26)27)11-19(16)13-24/h3-8,11,14,20-21H,9-10,12-13H2,1-2H3,(H,26,27). The Morgan fingerprint density at radius 1 is 1.07 bits per heavy atom. The smallest absolute Gasteiger partial charge is 0.335 e. The molecule has 1 heterocycles. The third-order valence-corrected chi connectivity index (χ3v) is 5.92. The number of carboxylic acid groups (broad SMARTS) is 1. The minimum absolute atomic E-state index is 0.0686. The highest BCUT2D eigenvalue weighted by atomic mass is 16.4. The quantitative estimate of drug-likeness (QED) is 0.886. The fourth-order valence-corrected chi connectivity index (χ4v) is 4.08. The number of hydrogen-bond donors (Lipinski definition) is 1. The fourth-order valence-electron chi connectivity index (χ4n) is 4.08. The van der Waals surface area contributed by atoms with Gasteiger partial charge in [-0.2, -0.15) is 0 Å². The fraction of sp³-hybridized carbons (Fsp3) is 0.391. The normalized spacial score (nSPS) is 21.1. The van der Waals surface area contributed by atoms with E-state index in [1.54, 1.807) is 12.1 Å². The summed E-state index contributed by atoms with van der Waals surface area (Å²) in [5.41, 5.74) is 4.98. The van der Waals surface area contributed by atoms with Crippen molar-refractivity contribution in [3.63, 3.8) is 0 Å². The number of benzene rings is 2. The monoisotopic (exact) mass is 363 g/mol. The molecule has 0 radical (unpaired) electrons. The van der Waals surface area contributed by atoms with Crippen molar-refractivity contribution < 1.29 is 14.7 Å². The van der Waals surface area contributed by atoms with Crippen LogP contribution < -0.4 is 0 Å². The van der Waals surface area contributed by atoms with Crippen LogP contribution >= 0.6 is 0 Å². The number of aromatic carboxylic acids is 1. The second-order valence-corrected chi connectivity index (χ2v) is 8.07. The van der Waals surface area contributed by atoms with Crippen LogP contribution in [-0.4, -0.2) is 28.4 Å². The minimum atomic E-state index is -0.923. The number of rotatable bonds is 4. The zero-order valence-corrected chi connectivity index (χ0v) is 15.8. The Morgan fingerprint density at radius 3 is 2.48 bits per heavy atom. The highest BCUT2D eigenvalue weighted by Gasteiger charge is 2.46. The number of hydrogen-bond acceptors (Lipinski definition) is 2. The molecule has 140 valence electrons. The van der Waals surface area contributed by atoms with Gasteiger partial charge in [0.2, 0.25) is 5.91 Å². The molecular weight excluding hydrogens is 338 g/mol. The molecule has 2 aromatic carbocycles. The second-order valence-electron chi connectivity index (χ2n) is 8.07. The maximum absolute atomic E-state index is 13.0. The first-order chi connectivity index (χ1) is 12.9. The van der Waals surface area contributed by atoms with Gasteiger partial charge >= 0.3 is 5.97 Å². The highest BCUT2D eigenvalue weighted by Crippen LogP contribution is 2.49. The molecule has 1 aliphatic carbocycles. The molecule has 2 aromatic rings. The van der Waals surface area contributed by atoms with Crippen molar-refractivity contribution in [1.82, 2.24) is 4.90 Å². The van der Waals surface area contributed by atoms with Gasteiger partial charge in [0.15, 0.2) is 0 Å². The van der Waals surface area contributed by atoms with Crippen LogP contribution in [0, 0.1) is 5.92 Å². The van der Waals surface area contributed by atoms with E-state index in [4.69, 9.17) is 0 Å². The average molecular weight is 363 g/mol. The predicted octanol–water partition coefficient (Wildman–Crippen LogP) is 4.20. The van der Waals surface area contributed by atoms with E-state index in [1.165, 1.54) is 11.1 Å². The Bertz CT molecular complexity index is 885. The molecule has 2 aliphatic rings. The first-order valence-electron chi connectivity index (χ1n) is 9.67.